The number of nitrogens with zero attached hydrogens (tertiary/aromatic N) is 1. The van der Waals surface area contributed by atoms with Crippen molar-refractivity contribution in [1.29, 1.82) is 0 Å². The monoisotopic (exact) mass is 310 g/mol. The van der Waals surface area contributed by atoms with Gasteiger partial charge in [-0.2, -0.15) is 0 Å². The maximum absolute atomic E-state index is 3.53. The van der Waals surface area contributed by atoms with Crippen LogP contribution in [-0.4, -0.2) is 31.6 Å². The predicted octanol–water partition coefficient (Wildman–Crippen LogP) is 3.27. The summed E-state index contributed by atoms with van der Waals surface area (Å²) < 4.78 is 1.17. The number of rotatable bonds is 4. The largest absolute Gasteiger partial charge is 0.317 e. The Bertz CT molecular complexity index is 386. The Morgan fingerprint density at radius 3 is 2.72 bits per heavy atom. The summed E-state index contributed by atoms with van der Waals surface area (Å²) in [5.74, 6) is 0. The Morgan fingerprint density at radius 2 is 2.06 bits per heavy atom. The summed E-state index contributed by atoms with van der Waals surface area (Å²) >= 11 is 3.53. The van der Waals surface area contributed by atoms with Crippen LogP contribution in [0.3, 0.4) is 0 Å². The first kappa shape index (κ1) is 14.0. The van der Waals surface area contributed by atoms with E-state index in [9.17, 15) is 0 Å². The summed E-state index contributed by atoms with van der Waals surface area (Å²) in [6.07, 6.45) is 2.58. The van der Waals surface area contributed by atoms with Gasteiger partial charge in [-0.05, 0) is 56.1 Å². The molecule has 0 unspecified atom stereocenters. The lowest BCUT2D eigenvalue weighted by Gasteiger charge is -2.37. The molecule has 0 radical (unpaired) electrons. The van der Waals surface area contributed by atoms with Gasteiger partial charge in [0.2, 0.25) is 0 Å². The van der Waals surface area contributed by atoms with Crippen molar-refractivity contribution in [1.82, 2.24) is 10.2 Å². The molecular formula is C15H23BrN2. The zero-order chi connectivity index (χ0) is 13.0. The Balaban J connectivity index is 1.90. The second kappa shape index (κ2) is 6.18. The number of hydrogen-bond acceptors (Lipinski definition) is 2. The maximum Gasteiger partial charge on any atom is 0.0231 e. The van der Waals surface area contributed by atoms with Crippen LogP contribution in [0, 0.1) is 5.41 Å². The van der Waals surface area contributed by atoms with Crippen molar-refractivity contribution in [3.63, 3.8) is 0 Å². The Labute approximate surface area is 119 Å². The smallest absolute Gasteiger partial charge is 0.0231 e. The molecular weight excluding hydrogens is 288 g/mol. The van der Waals surface area contributed by atoms with Crippen LogP contribution >= 0.6 is 15.9 Å². The molecule has 18 heavy (non-hydrogen) atoms. The Hall–Kier alpha value is -0.380. The summed E-state index contributed by atoms with van der Waals surface area (Å²) in [6.45, 7) is 6.97. The van der Waals surface area contributed by atoms with E-state index in [1.165, 1.54) is 42.5 Å². The van der Waals surface area contributed by atoms with Crippen molar-refractivity contribution in [2.45, 2.75) is 26.3 Å². The Morgan fingerprint density at radius 1 is 1.33 bits per heavy atom. The lowest BCUT2D eigenvalue weighted by molar-refractivity contribution is 0.143. The number of benzene rings is 1. The van der Waals surface area contributed by atoms with Crippen molar-refractivity contribution in [2.24, 2.45) is 5.41 Å². The molecule has 1 aromatic rings. The van der Waals surface area contributed by atoms with Gasteiger partial charge in [0.25, 0.3) is 0 Å². The van der Waals surface area contributed by atoms with Crippen molar-refractivity contribution in [2.75, 3.05) is 26.7 Å². The minimum atomic E-state index is 0.478. The fraction of sp³-hybridized carbons (Fsp3) is 0.600. The van der Waals surface area contributed by atoms with Gasteiger partial charge in [0.1, 0.15) is 0 Å². The molecule has 0 bridgehead atoms. The molecule has 1 fully saturated rings. The number of halogens is 1. The molecule has 1 aliphatic heterocycles. The van der Waals surface area contributed by atoms with Gasteiger partial charge < -0.3 is 10.2 Å². The van der Waals surface area contributed by atoms with E-state index in [1.54, 1.807) is 0 Å². The molecule has 2 nitrogen and oxygen atoms in total. The van der Waals surface area contributed by atoms with Gasteiger partial charge in [0.15, 0.2) is 0 Å². The van der Waals surface area contributed by atoms with E-state index in [2.05, 4.69) is 64.4 Å². The molecule has 1 aromatic carbocycles. The molecule has 3 heteroatoms. The fourth-order valence-electron chi connectivity index (χ4n) is 2.84. The van der Waals surface area contributed by atoms with Crippen molar-refractivity contribution in [3.8, 4) is 0 Å². The van der Waals surface area contributed by atoms with Crippen LogP contribution in [0.15, 0.2) is 28.7 Å². The van der Waals surface area contributed by atoms with Gasteiger partial charge in [-0.3, -0.25) is 0 Å². The van der Waals surface area contributed by atoms with E-state index in [0.717, 1.165) is 6.54 Å². The molecule has 1 heterocycles. The lowest BCUT2D eigenvalue weighted by atomic mass is 9.80. The molecule has 2 rings (SSSR count). The molecule has 0 atom stereocenters. The molecule has 0 aliphatic carbocycles. The lowest BCUT2D eigenvalue weighted by Crippen LogP contribution is -2.41. The first-order valence-electron chi connectivity index (χ1n) is 6.71. The molecule has 0 aromatic heterocycles. The van der Waals surface area contributed by atoms with Crippen LogP contribution < -0.4 is 5.32 Å². The number of hydrogen-bond donors (Lipinski definition) is 1. The number of nitrogens with one attached hydrogen (secondary N) is 1. The zero-order valence-electron chi connectivity index (χ0n) is 11.4. The highest BCUT2D eigenvalue weighted by Gasteiger charge is 2.27. The topological polar surface area (TPSA) is 15.3 Å². The average Bonchev–Trinajstić information content (AvgIpc) is 2.28. The second-order valence-electron chi connectivity index (χ2n) is 5.86. The van der Waals surface area contributed by atoms with Crippen molar-refractivity contribution >= 4 is 15.9 Å². The van der Waals surface area contributed by atoms with Crippen LogP contribution in [-0.2, 0) is 6.54 Å². The van der Waals surface area contributed by atoms with E-state index in [-0.39, 0.29) is 0 Å². The molecule has 100 valence electrons. The SMILES string of the molecule is CN(Cc1cccc(Br)c1)CC1(C)CCNCC1. The van der Waals surface area contributed by atoms with E-state index >= 15 is 0 Å². The van der Waals surface area contributed by atoms with Gasteiger partial charge in [-0.1, -0.05) is 35.0 Å². The van der Waals surface area contributed by atoms with Gasteiger partial charge in [-0.15, -0.1) is 0 Å². The summed E-state index contributed by atoms with van der Waals surface area (Å²) in [6, 6.07) is 8.60. The normalized spacial score (nSPS) is 19.1. The van der Waals surface area contributed by atoms with Gasteiger partial charge in [-0.25, -0.2) is 0 Å². The van der Waals surface area contributed by atoms with Gasteiger partial charge in [0.05, 0.1) is 0 Å². The molecule has 0 spiro atoms. The molecule has 0 amide bonds. The minimum Gasteiger partial charge on any atom is -0.317 e. The van der Waals surface area contributed by atoms with E-state index in [4.69, 9.17) is 0 Å². The highest BCUT2D eigenvalue weighted by molar-refractivity contribution is 9.10. The summed E-state index contributed by atoms with van der Waals surface area (Å²) in [5, 5.41) is 3.45. The molecule has 0 saturated carbocycles. The predicted molar refractivity (Wildman–Crippen MR) is 80.7 cm³/mol. The van der Waals surface area contributed by atoms with Gasteiger partial charge >= 0.3 is 0 Å². The third kappa shape index (κ3) is 4.08. The van der Waals surface area contributed by atoms with Crippen LogP contribution in [0.1, 0.15) is 25.3 Å². The van der Waals surface area contributed by atoms with Crippen LogP contribution in [0.4, 0.5) is 0 Å². The summed E-state index contributed by atoms with van der Waals surface area (Å²) in [4.78, 5) is 2.45. The maximum atomic E-state index is 3.53. The molecule has 1 N–H and O–H groups in total. The van der Waals surface area contributed by atoms with Gasteiger partial charge in [0, 0.05) is 17.6 Å². The van der Waals surface area contributed by atoms with E-state index < -0.39 is 0 Å². The quantitative estimate of drug-likeness (QED) is 0.918. The minimum absolute atomic E-state index is 0.478. The fourth-order valence-corrected chi connectivity index (χ4v) is 3.29. The van der Waals surface area contributed by atoms with Crippen molar-refractivity contribution in [3.05, 3.63) is 34.3 Å². The van der Waals surface area contributed by atoms with E-state index in [1.807, 2.05) is 0 Å². The third-order valence-electron chi connectivity index (χ3n) is 3.80. The second-order valence-corrected chi connectivity index (χ2v) is 6.78. The van der Waals surface area contributed by atoms with Crippen LogP contribution in [0.25, 0.3) is 0 Å². The first-order chi connectivity index (χ1) is 8.57. The third-order valence-corrected chi connectivity index (χ3v) is 4.30. The van der Waals surface area contributed by atoms with Crippen LogP contribution in [0.2, 0.25) is 0 Å². The summed E-state index contributed by atoms with van der Waals surface area (Å²) in [7, 11) is 2.23. The summed E-state index contributed by atoms with van der Waals surface area (Å²) in [5.41, 5.74) is 1.86. The van der Waals surface area contributed by atoms with Crippen LogP contribution in [0.5, 0.6) is 0 Å². The van der Waals surface area contributed by atoms with E-state index in [0.29, 0.717) is 5.41 Å². The zero-order valence-corrected chi connectivity index (χ0v) is 13.0. The average molecular weight is 311 g/mol. The first-order valence-corrected chi connectivity index (χ1v) is 7.50. The molecule has 1 aliphatic rings. The standard InChI is InChI=1S/C15H23BrN2/c1-15(6-8-17-9-7-15)12-18(2)11-13-4-3-5-14(16)10-13/h3-5,10,17H,6-9,11-12H2,1-2H3. The number of piperidine rings is 1. The van der Waals surface area contributed by atoms with Crippen molar-refractivity contribution < 1.29 is 0 Å². The Kier molecular flexibility index (Phi) is 4.82. The highest BCUT2D eigenvalue weighted by Crippen LogP contribution is 2.29. The molecule has 1 saturated heterocycles. The highest BCUT2D eigenvalue weighted by atomic mass is 79.9.